The van der Waals surface area contributed by atoms with E-state index in [9.17, 15) is 14.4 Å². The second kappa shape index (κ2) is 61.9. The summed E-state index contributed by atoms with van der Waals surface area (Å²) in [6.45, 7) is 6.50. The van der Waals surface area contributed by atoms with Crippen LogP contribution < -0.4 is 0 Å². The highest BCUT2D eigenvalue weighted by atomic mass is 16.6. The number of hydrogen-bond acceptors (Lipinski definition) is 6. The van der Waals surface area contributed by atoms with Gasteiger partial charge in [0, 0.05) is 19.3 Å². The molecule has 74 heavy (non-hydrogen) atoms. The number of carbonyl (C=O) groups is 3. The highest BCUT2D eigenvalue weighted by Crippen LogP contribution is 2.15. The summed E-state index contributed by atoms with van der Waals surface area (Å²) in [5.41, 5.74) is 0. The van der Waals surface area contributed by atoms with Gasteiger partial charge in [0.1, 0.15) is 13.2 Å². The van der Waals surface area contributed by atoms with Crippen LogP contribution in [0.15, 0.2) is 97.2 Å². The molecule has 1 atom stereocenters. The number of allylic oxidation sites excluding steroid dienone is 16. The predicted molar refractivity (Wildman–Crippen MR) is 320 cm³/mol. The largest absolute Gasteiger partial charge is 0.462 e. The van der Waals surface area contributed by atoms with Crippen molar-refractivity contribution >= 4 is 17.9 Å². The summed E-state index contributed by atoms with van der Waals surface area (Å²) >= 11 is 0. The smallest absolute Gasteiger partial charge is 0.306 e. The van der Waals surface area contributed by atoms with Crippen LogP contribution in [0.25, 0.3) is 0 Å². The molecule has 0 spiro atoms. The van der Waals surface area contributed by atoms with Crippen LogP contribution in [0.1, 0.15) is 297 Å². The average Bonchev–Trinajstić information content (AvgIpc) is 3.40. The van der Waals surface area contributed by atoms with Crippen molar-refractivity contribution in [3.05, 3.63) is 97.2 Å². The molecule has 0 saturated carbocycles. The van der Waals surface area contributed by atoms with E-state index in [1.165, 1.54) is 135 Å². The van der Waals surface area contributed by atoms with Gasteiger partial charge in [0.25, 0.3) is 0 Å². The highest BCUT2D eigenvalue weighted by Gasteiger charge is 2.19. The molecule has 0 amide bonds. The number of esters is 3. The maximum Gasteiger partial charge on any atom is 0.306 e. The molecule has 0 bridgehead atoms. The summed E-state index contributed by atoms with van der Waals surface area (Å²) < 4.78 is 16.8. The predicted octanol–water partition coefficient (Wildman–Crippen LogP) is 21.3. The van der Waals surface area contributed by atoms with Crippen molar-refractivity contribution in [2.45, 2.75) is 303 Å². The van der Waals surface area contributed by atoms with Crippen LogP contribution >= 0.6 is 0 Å². The molecule has 6 nitrogen and oxygen atoms in total. The standard InChI is InChI=1S/C68H116O6/c1-4-7-10-13-16-19-21-23-25-27-29-31-32-33-34-35-36-38-39-41-43-45-47-49-52-55-58-61-67(70)73-64-65(63-72-66(69)60-57-54-51-18-15-12-9-6-3)74-68(71)62-59-56-53-50-48-46-44-42-40-37-30-28-26-24-22-20-17-14-11-8-5-2/h7,10,16,19,23,25,28-31,33-34,36,38,41,43,65H,4-6,8-9,11-15,17-18,20-22,24,26-27,32,35,37,39-40,42,44-64H2,1-3H3/b10-7-,19-16-,25-23-,30-28-,31-29-,34-33-,38-36-,43-41-. The molecule has 424 valence electrons. The Morgan fingerprint density at radius 2 is 0.527 bits per heavy atom. The Labute approximate surface area is 457 Å². The van der Waals surface area contributed by atoms with Crippen LogP contribution in [0.2, 0.25) is 0 Å². The SMILES string of the molecule is CC/C=C\C/C=C\C/C=C\C/C=C\C/C=C\C/C=C\C/C=C\CCCCCCCC(=O)OCC(COC(=O)CCCCCCCCCC)OC(=O)CCCCCCCCCCC/C=C\CCCCCCCCCC. The number of carbonyl (C=O) groups excluding carboxylic acids is 3. The zero-order chi connectivity index (χ0) is 53.6. The molecule has 0 rings (SSSR count). The Kier molecular flexibility index (Phi) is 58.8. The lowest BCUT2D eigenvalue weighted by Crippen LogP contribution is -2.30. The van der Waals surface area contributed by atoms with Crippen LogP contribution in [0.5, 0.6) is 0 Å². The quantitative estimate of drug-likeness (QED) is 0.0261. The van der Waals surface area contributed by atoms with E-state index in [1.807, 2.05) is 0 Å². The maximum absolute atomic E-state index is 12.9. The van der Waals surface area contributed by atoms with Crippen molar-refractivity contribution in [3.63, 3.8) is 0 Å². The first kappa shape index (κ1) is 70.3. The van der Waals surface area contributed by atoms with Gasteiger partial charge in [0.2, 0.25) is 0 Å². The molecule has 0 aromatic rings. The molecular weight excluding hydrogens is 913 g/mol. The van der Waals surface area contributed by atoms with E-state index in [-0.39, 0.29) is 31.1 Å². The molecule has 0 aliphatic heterocycles. The lowest BCUT2D eigenvalue weighted by Gasteiger charge is -2.18. The van der Waals surface area contributed by atoms with Crippen molar-refractivity contribution < 1.29 is 28.6 Å². The van der Waals surface area contributed by atoms with Crippen LogP contribution in [0.3, 0.4) is 0 Å². The van der Waals surface area contributed by atoms with Gasteiger partial charge in [-0.1, -0.05) is 272 Å². The van der Waals surface area contributed by atoms with E-state index in [1.54, 1.807) is 0 Å². The second-order valence-corrected chi connectivity index (χ2v) is 20.6. The van der Waals surface area contributed by atoms with Crippen molar-refractivity contribution in [1.82, 2.24) is 0 Å². The van der Waals surface area contributed by atoms with Crippen molar-refractivity contribution in [2.75, 3.05) is 13.2 Å². The minimum absolute atomic E-state index is 0.0830. The molecule has 0 fully saturated rings. The third-order valence-electron chi connectivity index (χ3n) is 13.3. The van der Waals surface area contributed by atoms with Crippen LogP contribution in [-0.2, 0) is 28.6 Å². The summed E-state index contributed by atoms with van der Waals surface area (Å²) in [6.07, 6.45) is 82.8. The fraction of sp³-hybridized carbons (Fsp3) is 0.721. The fourth-order valence-corrected chi connectivity index (χ4v) is 8.65. The summed E-state index contributed by atoms with van der Waals surface area (Å²) in [4.78, 5) is 38.1. The summed E-state index contributed by atoms with van der Waals surface area (Å²) in [5, 5.41) is 0. The maximum atomic E-state index is 12.9. The van der Waals surface area contributed by atoms with Gasteiger partial charge >= 0.3 is 17.9 Å². The summed E-state index contributed by atoms with van der Waals surface area (Å²) in [5.74, 6) is -0.902. The van der Waals surface area contributed by atoms with Gasteiger partial charge in [-0.3, -0.25) is 14.4 Å². The minimum Gasteiger partial charge on any atom is -0.462 e. The Bertz CT molecular complexity index is 1460. The monoisotopic (exact) mass is 1030 g/mol. The molecule has 0 heterocycles. The van der Waals surface area contributed by atoms with E-state index < -0.39 is 6.10 Å². The zero-order valence-corrected chi connectivity index (χ0v) is 48.6. The number of unbranched alkanes of at least 4 members (excludes halogenated alkanes) is 29. The van der Waals surface area contributed by atoms with E-state index >= 15 is 0 Å². The third kappa shape index (κ3) is 59.2. The van der Waals surface area contributed by atoms with E-state index in [2.05, 4.69) is 118 Å². The van der Waals surface area contributed by atoms with Crippen LogP contribution in [0.4, 0.5) is 0 Å². The number of rotatable bonds is 56. The molecule has 0 saturated heterocycles. The molecule has 0 aliphatic carbocycles. The fourth-order valence-electron chi connectivity index (χ4n) is 8.65. The molecule has 6 heteroatoms. The molecule has 1 unspecified atom stereocenters. The van der Waals surface area contributed by atoms with Gasteiger partial charge in [-0.05, 0) is 103 Å². The van der Waals surface area contributed by atoms with Crippen LogP contribution in [-0.4, -0.2) is 37.2 Å². The Morgan fingerprint density at radius 3 is 0.838 bits per heavy atom. The van der Waals surface area contributed by atoms with Gasteiger partial charge in [-0.15, -0.1) is 0 Å². The first-order valence-electron chi connectivity index (χ1n) is 31.2. The topological polar surface area (TPSA) is 78.9 Å². The lowest BCUT2D eigenvalue weighted by molar-refractivity contribution is -0.167. The Morgan fingerprint density at radius 1 is 0.284 bits per heavy atom. The van der Waals surface area contributed by atoms with Gasteiger partial charge in [-0.2, -0.15) is 0 Å². The van der Waals surface area contributed by atoms with Crippen LogP contribution in [0, 0.1) is 0 Å². The zero-order valence-electron chi connectivity index (χ0n) is 48.6. The van der Waals surface area contributed by atoms with E-state index in [0.717, 1.165) is 122 Å². The summed E-state index contributed by atoms with van der Waals surface area (Å²) in [7, 11) is 0. The minimum atomic E-state index is -0.785. The molecule has 0 N–H and O–H groups in total. The molecule has 0 aromatic heterocycles. The van der Waals surface area contributed by atoms with Crippen molar-refractivity contribution in [2.24, 2.45) is 0 Å². The molecule has 0 aromatic carbocycles. The summed E-state index contributed by atoms with van der Waals surface area (Å²) in [6, 6.07) is 0. The number of ether oxygens (including phenoxy) is 3. The molecule has 0 radical (unpaired) electrons. The third-order valence-corrected chi connectivity index (χ3v) is 13.3. The first-order chi connectivity index (χ1) is 36.5. The first-order valence-corrected chi connectivity index (χ1v) is 31.2. The number of hydrogen-bond donors (Lipinski definition) is 0. The Hall–Kier alpha value is -3.67. The van der Waals surface area contributed by atoms with E-state index in [0.29, 0.717) is 19.3 Å². The highest BCUT2D eigenvalue weighted by molar-refractivity contribution is 5.71. The van der Waals surface area contributed by atoms with Crippen molar-refractivity contribution in [3.8, 4) is 0 Å². The molecule has 0 aliphatic rings. The van der Waals surface area contributed by atoms with Crippen molar-refractivity contribution in [1.29, 1.82) is 0 Å². The van der Waals surface area contributed by atoms with Gasteiger partial charge in [0.15, 0.2) is 6.10 Å². The second-order valence-electron chi connectivity index (χ2n) is 20.6. The normalized spacial score (nSPS) is 12.7. The molecular formula is C68H116O6. The van der Waals surface area contributed by atoms with E-state index in [4.69, 9.17) is 14.2 Å². The Balaban J connectivity index is 4.25. The van der Waals surface area contributed by atoms with Gasteiger partial charge < -0.3 is 14.2 Å². The van der Waals surface area contributed by atoms with Gasteiger partial charge in [-0.25, -0.2) is 0 Å². The lowest BCUT2D eigenvalue weighted by atomic mass is 10.1. The average molecular weight is 1030 g/mol. The van der Waals surface area contributed by atoms with Gasteiger partial charge in [0.05, 0.1) is 0 Å².